The van der Waals surface area contributed by atoms with Gasteiger partial charge in [0.2, 0.25) is 17.7 Å². The molecule has 158 valence electrons. The van der Waals surface area contributed by atoms with Crippen molar-refractivity contribution in [1.82, 2.24) is 20.1 Å². The third-order valence-corrected chi connectivity index (χ3v) is 5.02. The van der Waals surface area contributed by atoms with Crippen molar-refractivity contribution < 1.29 is 14.4 Å². The second-order valence-corrected chi connectivity index (χ2v) is 7.38. The highest BCUT2D eigenvalue weighted by Crippen LogP contribution is 2.23. The molecule has 0 saturated heterocycles. The number of rotatable bonds is 6. The Bertz CT molecular complexity index is 1110. The lowest BCUT2D eigenvalue weighted by Crippen LogP contribution is -2.42. The molecule has 1 aromatic heterocycles. The summed E-state index contributed by atoms with van der Waals surface area (Å²) < 4.78 is 1.61. The van der Waals surface area contributed by atoms with Crippen LogP contribution in [-0.2, 0) is 27.2 Å². The summed E-state index contributed by atoms with van der Waals surface area (Å²) in [5, 5.41) is 12.4. The minimum atomic E-state index is -0.695. The van der Waals surface area contributed by atoms with Crippen LogP contribution in [0.1, 0.15) is 24.5 Å². The summed E-state index contributed by atoms with van der Waals surface area (Å²) in [4.78, 5) is 40.2. The highest BCUT2D eigenvalue weighted by molar-refractivity contribution is 5.97. The Balaban J connectivity index is 1.30. The van der Waals surface area contributed by atoms with E-state index < -0.39 is 6.04 Å². The molecule has 9 heteroatoms. The number of carbonyl (C=O) groups is 3. The number of anilines is 2. The molecule has 3 aromatic rings. The molecule has 3 N–H and O–H groups in total. The number of aryl methyl sites for hydroxylation is 1. The predicted octanol–water partition coefficient (Wildman–Crippen LogP) is 1.84. The standard InChI is InChI=1S/C22H22N6O3/c1-14(22(31)26-17-4-6-18(7-5-17)28-13-23-12-24-28)25-21(30)11-15-2-8-19-16(10-15)3-9-20(29)27-19/h2,4-8,10,12-14H,3,9,11H2,1H3,(H,25,30)(H,26,31)(H,27,29). The first-order valence-corrected chi connectivity index (χ1v) is 9.95. The summed E-state index contributed by atoms with van der Waals surface area (Å²) in [5.41, 5.74) is 4.09. The number of fused-ring (bicyclic) bond motifs is 1. The number of carbonyl (C=O) groups excluding carboxylic acids is 3. The van der Waals surface area contributed by atoms with Crippen LogP contribution in [-0.4, -0.2) is 38.5 Å². The predicted molar refractivity (Wildman–Crippen MR) is 115 cm³/mol. The van der Waals surface area contributed by atoms with E-state index in [2.05, 4.69) is 26.0 Å². The zero-order valence-electron chi connectivity index (χ0n) is 17.0. The fraction of sp³-hybridized carbons (Fsp3) is 0.227. The molecular formula is C22H22N6O3. The van der Waals surface area contributed by atoms with Crippen molar-refractivity contribution >= 4 is 29.1 Å². The van der Waals surface area contributed by atoms with Crippen LogP contribution >= 0.6 is 0 Å². The SMILES string of the molecule is CC(NC(=O)Cc1ccc2c(c1)CCC(=O)N2)C(=O)Nc1ccc(-n2cncn2)cc1. The normalized spacial score (nSPS) is 13.6. The third kappa shape index (κ3) is 4.95. The fourth-order valence-corrected chi connectivity index (χ4v) is 3.38. The zero-order valence-corrected chi connectivity index (χ0v) is 17.0. The van der Waals surface area contributed by atoms with Crippen molar-refractivity contribution in [2.75, 3.05) is 10.6 Å². The van der Waals surface area contributed by atoms with Gasteiger partial charge in [0.25, 0.3) is 0 Å². The van der Waals surface area contributed by atoms with Crippen molar-refractivity contribution in [3.05, 3.63) is 66.2 Å². The molecule has 0 aliphatic carbocycles. The number of benzene rings is 2. The average Bonchev–Trinajstić information content (AvgIpc) is 3.29. The molecule has 1 unspecified atom stereocenters. The van der Waals surface area contributed by atoms with E-state index in [9.17, 15) is 14.4 Å². The first kappa shape index (κ1) is 20.3. The largest absolute Gasteiger partial charge is 0.344 e. The summed E-state index contributed by atoms with van der Waals surface area (Å²) in [6.45, 7) is 1.64. The van der Waals surface area contributed by atoms with E-state index >= 15 is 0 Å². The molecule has 0 bridgehead atoms. The van der Waals surface area contributed by atoms with Crippen LogP contribution < -0.4 is 16.0 Å². The van der Waals surface area contributed by atoms with Gasteiger partial charge >= 0.3 is 0 Å². The lowest BCUT2D eigenvalue weighted by atomic mass is 9.99. The quantitative estimate of drug-likeness (QED) is 0.565. The number of nitrogens with zero attached hydrogens (tertiary/aromatic N) is 3. The summed E-state index contributed by atoms with van der Waals surface area (Å²) in [7, 11) is 0. The summed E-state index contributed by atoms with van der Waals surface area (Å²) in [6.07, 6.45) is 4.29. The van der Waals surface area contributed by atoms with E-state index in [1.165, 1.54) is 6.33 Å². The Morgan fingerprint density at radius 2 is 1.97 bits per heavy atom. The maximum Gasteiger partial charge on any atom is 0.246 e. The number of hydrogen-bond acceptors (Lipinski definition) is 5. The van der Waals surface area contributed by atoms with Gasteiger partial charge in [-0.15, -0.1) is 0 Å². The number of aromatic nitrogens is 3. The van der Waals surface area contributed by atoms with E-state index in [4.69, 9.17) is 0 Å². The van der Waals surface area contributed by atoms with Gasteiger partial charge in [0.15, 0.2) is 0 Å². The van der Waals surface area contributed by atoms with E-state index in [-0.39, 0.29) is 24.1 Å². The summed E-state index contributed by atoms with van der Waals surface area (Å²) >= 11 is 0. The van der Waals surface area contributed by atoms with Crippen molar-refractivity contribution in [3.63, 3.8) is 0 Å². The van der Waals surface area contributed by atoms with E-state index in [0.29, 0.717) is 18.5 Å². The highest BCUT2D eigenvalue weighted by atomic mass is 16.2. The van der Waals surface area contributed by atoms with Crippen LogP contribution in [0.5, 0.6) is 0 Å². The Labute approximate surface area is 178 Å². The van der Waals surface area contributed by atoms with Gasteiger partial charge in [-0.25, -0.2) is 9.67 Å². The Morgan fingerprint density at radius 3 is 2.71 bits per heavy atom. The van der Waals surface area contributed by atoms with Gasteiger partial charge in [0.1, 0.15) is 18.7 Å². The van der Waals surface area contributed by atoms with Crippen LogP contribution in [0, 0.1) is 0 Å². The van der Waals surface area contributed by atoms with Crippen LogP contribution in [0.15, 0.2) is 55.1 Å². The fourth-order valence-electron chi connectivity index (χ4n) is 3.38. The Kier molecular flexibility index (Phi) is 5.74. The molecule has 1 atom stereocenters. The third-order valence-electron chi connectivity index (χ3n) is 5.02. The average molecular weight is 418 g/mol. The Hall–Kier alpha value is -4.01. The van der Waals surface area contributed by atoms with Gasteiger partial charge in [-0.3, -0.25) is 14.4 Å². The first-order chi connectivity index (χ1) is 15.0. The van der Waals surface area contributed by atoms with E-state index in [0.717, 1.165) is 22.5 Å². The minimum Gasteiger partial charge on any atom is -0.344 e. The zero-order chi connectivity index (χ0) is 21.8. The second-order valence-electron chi connectivity index (χ2n) is 7.38. The van der Waals surface area contributed by atoms with Crippen molar-refractivity contribution in [3.8, 4) is 5.69 Å². The second kappa shape index (κ2) is 8.78. The van der Waals surface area contributed by atoms with Crippen LogP contribution in [0.25, 0.3) is 5.69 Å². The molecule has 0 saturated carbocycles. The highest BCUT2D eigenvalue weighted by Gasteiger charge is 2.18. The van der Waals surface area contributed by atoms with Gasteiger partial charge in [-0.05, 0) is 54.8 Å². The maximum atomic E-state index is 12.4. The maximum absolute atomic E-state index is 12.4. The minimum absolute atomic E-state index is 0.00543. The molecule has 0 fully saturated rings. The molecule has 4 rings (SSSR count). The molecule has 9 nitrogen and oxygen atoms in total. The van der Waals surface area contributed by atoms with Gasteiger partial charge in [0, 0.05) is 17.8 Å². The number of hydrogen-bond donors (Lipinski definition) is 3. The molecule has 2 aromatic carbocycles. The lowest BCUT2D eigenvalue weighted by Gasteiger charge is -2.18. The monoisotopic (exact) mass is 418 g/mol. The van der Waals surface area contributed by atoms with Gasteiger partial charge in [-0.1, -0.05) is 12.1 Å². The molecule has 0 radical (unpaired) electrons. The topological polar surface area (TPSA) is 118 Å². The summed E-state index contributed by atoms with van der Waals surface area (Å²) in [6, 6.07) is 12.0. The van der Waals surface area contributed by atoms with Gasteiger partial charge in [0.05, 0.1) is 12.1 Å². The lowest BCUT2D eigenvalue weighted by molar-refractivity contribution is -0.125. The van der Waals surface area contributed by atoms with Gasteiger partial charge in [-0.2, -0.15) is 5.10 Å². The number of nitrogens with one attached hydrogen (secondary N) is 3. The van der Waals surface area contributed by atoms with E-state index in [1.807, 2.05) is 30.3 Å². The molecule has 3 amide bonds. The van der Waals surface area contributed by atoms with Crippen LogP contribution in [0.4, 0.5) is 11.4 Å². The van der Waals surface area contributed by atoms with Crippen molar-refractivity contribution in [1.29, 1.82) is 0 Å². The Morgan fingerprint density at radius 1 is 1.16 bits per heavy atom. The molecule has 0 spiro atoms. The molecule has 1 aliphatic rings. The first-order valence-electron chi connectivity index (χ1n) is 9.95. The van der Waals surface area contributed by atoms with Gasteiger partial charge < -0.3 is 16.0 Å². The van der Waals surface area contributed by atoms with Crippen LogP contribution in [0.2, 0.25) is 0 Å². The molecule has 2 heterocycles. The van der Waals surface area contributed by atoms with Crippen LogP contribution in [0.3, 0.4) is 0 Å². The smallest absolute Gasteiger partial charge is 0.246 e. The molecular weight excluding hydrogens is 396 g/mol. The molecule has 31 heavy (non-hydrogen) atoms. The van der Waals surface area contributed by atoms with Crippen molar-refractivity contribution in [2.24, 2.45) is 0 Å². The number of amides is 3. The molecule has 1 aliphatic heterocycles. The van der Waals surface area contributed by atoms with Crippen molar-refractivity contribution in [2.45, 2.75) is 32.2 Å². The van der Waals surface area contributed by atoms with E-state index in [1.54, 1.807) is 30.1 Å². The summed E-state index contributed by atoms with van der Waals surface area (Å²) in [5.74, 6) is -0.551.